The second-order valence-electron chi connectivity index (χ2n) is 6.51. The van der Waals surface area contributed by atoms with Gasteiger partial charge in [0.15, 0.2) is 0 Å². The molecule has 2 fully saturated rings. The number of morpholine rings is 1. The van der Waals surface area contributed by atoms with Gasteiger partial charge in [-0.15, -0.1) is 0 Å². The summed E-state index contributed by atoms with van der Waals surface area (Å²) in [6.07, 6.45) is 6.42. The van der Waals surface area contributed by atoms with E-state index in [1.165, 1.54) is 19.3 Å². The van der Waals surface area contributed by atoms with Gasteiger partial charge in [-0.2, -0.15) is 0 Å². The number of hydrogen-bond acceptors (Lipinski definition) is 5. The van der Waals surface area contributed by atoms with E-state index in [4.69, 9.17) is 4.74 Å². The van der Waals surface area contributed by atoms with Crippen LogP contribution in [0.15, 0.2) is 18.3 Å². The summed E-state index contributed by atoms with van der Waals surface area (Å²) < 4.78 is 5.34. The van der Waals surface area contributed by atoms with Gasteiger partial charge in [0.2, 0.25) is 0 Å². The average Bonchev–Trinajstić information content (AvgIpc) is 2.67. The Hall–Kier alpha value is -1.66. The molecule has 0 aliphatic carbocycles. The van der Waals surface area contributed by atoms with Crippen molar-refractivity contribution >= 4 is 11.7 Å². The number of amides is 1. The summed E-state index contributed by atoms with van der Waals surface area (Å²) in [5, 5.41) is 3.03. The Kier molecular flexibility index (Phi) is 6.43. The molecule has 1 aromatic heterocycles. The lowest BCUT2D eigenvalue weighted by Crippen LogP contribution is -2.38. The van der Waals surface area contributed by atoms with Crippen molar-refractivity contribution in [2.24, 2.45) is 0 Å². The van der Waals surface area contributed by atoms with E-state index in [9.17, 15) is 4.79 Å². The number of carbonyl (C=O) groups is 1. The van der Waals surface area contributed by atoms with Crippen molar-refractivity contribution in [3.63, 3.8) is 0 Å². The van der Waals surface area contributed by atoms with Gasteiger partial charge in [0.05, 0.1) is 13.2 Å². The molecule has 24 heavy (non-hydrogen) atoms. The molecular formula is C18H28N4O2. The molecule has 3 heterocycles. The molecule has 2 aliphatic rings. The first-order chi connectivity index (χ1) is 11.8. The fraction of sp³-hybridized carbons (Fsp3) is 0.667. The highest BCUT2D eigenvalue weighted by Crippen LogP contribution is 2.18. The van der Waals surface area contributed by atoms with Crippen molar-refractivity contribution in [3.05, 3.63) is 23.9 Å². The van der Waals surface area contributed by atoms with Crippen LogP contribution in [0.2, 0.25) is 0 Å². The number of pyridine rings is 1. The summed E-state index contributed by atoms with van der Waals surface area (Å²) in [6, 6.07) is 3.72. The average molecular weight is 332 g/mol. The maximum absolute atomic E-state index is 12.3. The second kappa shape index (κ2) is 8.99. The lowest BCUT2D eigenvalue weighted by atomic mass is 10.1. The molecule has 6 heteroatoms. The third-order valence-electron chi connectivity index (χ3n) is 4.73. The summed E-state index contributed by atoms with van der Waals surface area (Å²) in [4.78, 5) is 21.4. The first kappa shape index (κ1) is 17.2. The van der Waals surface area contributed by atoms with E-state index in [-0.39, 0.29) is 5.91 Å². The highest BCUT2D eigenvalue weighted by Gasteiger charge is 2.14. The minimum absolute atomic E-state index is 0.00219. The normalized spacial score (nSPS) is 19.2. The van der Waals surface area contributed by atoms with E-state index >= 15 is 0 Å². The molecule has 0 aromatic carbocycles. The first-order valence-corrected chi connectivity index (χ1v) is 9.12. The first-order valence-electron chi connectivity index (χ1n) is 9.12. The van der Waals surface area contributed by atoms with Gasteiger partial charge in [-0.05, 0) is 44.4 Å². The van der Waals surface area contributed by atoms with Gasteiger partial charge in [0.25, 0.3) is 5.91 Å². The molecular weight excluding hydrogens is 304 g/mol. The fourth-order valence-corrected chi connectivity index (χ4v) is 3.29. The predicted molar refractivity (Wildman–Crippen MR) is 94.5 cm³/mol. The van der Waals surface area contributed by atoms with Crippen LogP contribution >= 0.6 is 0 Å². The number of ether oxygens (including phenoxy) is 1. The number of nitrogens with one attached hydrogen (secondary N) is 1. The Bertz CT molecular complexity index is 526. The van der Waals surface area contributed by atoms with E-state index < -0.39 is 0 Å². The Morgan fingerprint density at radius 1 is 1.17 bits per heavy atom. The van der Waals surface area contributed by atoms with Gasteiger partial charge in [-0.3, -0.25) is 9.69 Å². The Labute approximate surface area is 144 Å². The molecule has 132 valence electrons. The molecule has 2 aliphatic heterocycles. The van der Waals surface area contributed by atoms with Crippen molar-refractivity contribution in [2.45, 2.75) is 25.7 Å². The van der Waals surface area contributed by atoms with Crippen LogP contribution in [-0.2, 0) is 4.74 Å². The molecule has 0 radical (unpaired) electrons. The van der Waals surface area contributed by atoms with Gasteiger partial charge >= 0.3 is 0 Å². The van der Waals surface area contributed by atoms with Gasteiger partial charge in [0, 0.05) is 44.5 Å². The van der Waals surface area contributed by atoms with Crippen molar-refractivity contribution in [1.29, 1.82) is 0 Å². The number of nitrogens with zero attached hydrogens (tertiary/aromatic N) is 3. The van der Waals surface area contributed by atoms with Crippen LogP contribution in [0, 0.1) is 0 Å². The van der Waals surface area contributed by atoms with Crippen LogP contribution < -0.4 is 10.2 Å². The molecule has 2 saturated heterocycles. The zero-order valence-electron chi connectivity index (χ0n) is 14.4. The molecule has 0 bridgehead atoms. The lowest BCUT2D eigenvalue weighted by molar-refractivity contribution is 0.0374. The summed E-state index contributed by atoms with van der Waals surface area (Å²) >= 11 is 0. The molecule has 0 saturated carbocycles. The minimum Gasteiger partial charge on any atom is -0.379 e. The van der Waals surface area contributed by atoms with Gasteiger partial charge in [0.1, 0.15) is 5.82 Å². The highest BCUT2D eigenvalue weighted by atomic mass is 16.5. The van der Waals surface area contributed by atoms with Crippen molar-refractivity contribution in [3.8, 4) is 0 Å². The maximum Gasteiger partial charge on any atom is 0.251 e. The third-order valence-corrected chi connectivity index (χ3v) is 4.73. The van der Waals surface area contributed by atoms with Crippen LogP contribution in [0.4, 0.5) is 5.82 Å². The lowest BCUT2D eigenvalue weighted by Gasteiger charge is -2.27. The molecule has 1 amide bonds. The van der Waals surface area contributed by atoms with E-state index in [0.717, 1.165) is 58.2 Å². The van der Waals surface area contributed by atoms with Crippen LogP contribution in [0.5, 0.6) is 0 Å². The van der Waals surface area contributed by atoms with Crippen LogP contribution in [0.3, 0.4) is 0 Å². The Morgan fingerprint density at radius 2 is 1.96 bits per heavy atom. The standard InChI is InChI=1S/C18H28N4O2/c23-18(20-6-4-8-21-11-13-24-14-12-21)16-5-7-19-17(15-16)22-9-2-1-3-10-22/h5,7,15H,1-4,6,8-14H2,(H,20,23). The van der Waals surface area contributed by atoms with Crippen LogP contribution in [0.25, 0.3) is 0 Å². The van der Waals surface area contributed by atoms with Crippen LogP contribution in [-0.4, -0.2) is 68.3 Å². The molecule has 0 unspecified atom stereocenters. The number of hydrogen-bond donors (Lipinski definition) is 1. The number of rotatable bonds is 6. The molecule has 6 nitrogen and oxygen atoms in total. The predicted octanol–water partition coefficient (Wildman–Crippen LogP) is 1.52. The van der Waals surface area contributed by atoms with Gasteiger partial charge in [-0.1, -0.05) is 0 Å². The number of aromatic nitrogens is 1. The quantitative estimate of drug-likeness (QED) is 0.801. The van der Waals surface area contributed by atoms with E-state index in [1.54, 1.807) is 12.3 Å². The zero-order chi connectivity index (χ0) is 16.6. The largest absolute Gasteiger partial charge is 0.379 e. The Morgan fingerprint density at radius 3 is 2.75 bits per heavy atom. The van der Waals surface area contributed by atoms with E-state index in [1.807, 2.05) is 6.07 Å². The van der Waals surface area contributed by atoms with Crippen molar-refractivity contribution < 1.29 is 9.53 Å². The van der Waals surface area contributed by atoms with Gasteiger partial charge < -0.3 is 15.0 Å². The van der Waals surface area contributed by atoms with E-state index in [2.05, 4.69) is 20.1 Å². The molecule has 3 rings (SSSR count). The SMILES string of the molecule is O=C(NCCCN1CCOCC1)c1ccnc(N2CCCCC2)c1. The minimum atomic E-state index is -0.00219. The summed E-state index contributed by atoms with van der Waals surface area (Å²) in [5.41, 5.74) is 0.706. The van der Waals surface area contributed by atoms with Crippen molar-refractivity contribution in [1.82, 2.24) is 15.2 Å². The number of anilines is 1. The molecule has 1 aromatic rings. The maximum atomic E-state index is 12.3. The molecule has 1 N–H and O–H groups in total. The molecule has 0 spiro atoms. The highest BCUT2D eigenvalue weighted by molar-refractivity contribution is 5.94. The smallest absolute Gasteiger partial charge is 0.251 e. The topological polar surface area (TPSA) is 57.7 Å². The fourth-order valence-electron chi connectivity index (χ4n) is 3.29. The second-order valence-corrected chi connectivity index (χ2v) is 6.51. The monoisotopic (exact) mass is 332 g/mol. The van der Waals surface area contributed by atoms with E-state index in [0.29, 0.717) is 12.1 Å². The molecule has 0 atom stereocenters. The van der Waals surface area contributed by atoms with Gasteiger partial charge in [-0.25, -0.2) is 4.98 Å². The van der Waals surface area contributed by atoms with Crippen molar-refractivity contribution in [2.75, 3.05) is 57.4 Å². The zero-order valence-corrected chi connectivity index (χ0v) is 14.4. The Balaban J connectivity index is 1.44. The summed E-state index contributed by atoms with van der Waals surface area (Å²) in [6.45, 7) is 7.44. The number of carbonyl (C=O) groups excluding carboxylic acids is 1. The number of piperidine rings is 1. The van der Waals surface area contributed by atoms with Crippen LogP contribution in [0.1, 0.15) is 36.0 Å². The summed E-state index contributed by atoms with van der Waals surface area (Å²) in [7, 11) is 0. The third kappa shape index (κ3) is 4.92. The summed E-state index contributed by atoms with van der Waals surface area (Å²) in [5.74, 6) is 0.924.